The van der Waals surface area contributed by atoms with Crippen molar-refractivity contribution in [2.75, 3.05) is 0 Å². The van der Waals surface area contributed by atoms with E-state index >= 15 is 0 Å². The summed E-state index contributed by atoms with van der Waals surface area (Å²) in [7, 11) is -3.27. The number of nitrogens with zero attached hydrogens (tertiary/aromatic N) is 1. The van der Waals surface area contributed by atoms with Crippen molar-refractivity contribution < 1.29 is 8.42 Å². The van der Waals surface area contributed by atoms with Crippen molar-refractivity contribution in [1.82, 2.24) is 4.98 Å². The summed E-state index contributed by atoms with van der Waals surface area (Å²) in [6, 6.07) is 6.89. The van der Waals surface area contributed by atoms with Gasteiger partial charge in [0.25, 0.3) is 0 Å². The van der Waals surface area contributed by atoms with Crippen LogP contribution in [-0.2, 0) is 15.6 Å². The van der Waals surface area contributed by atoms with Crippen molar-refractivity contribution in [3.8, 4) is 0 Å². The molecule has 1 aromatic carbocycles. The van der Waals surface area contributed by atoms with Crippen molar-refractivity contribution >= 4 is 21.2 Å². The van der Waals surface area contributed by atoms with Gasteiger partial charge in [-0.2, -0.15) is 0 Å². The molecule has 0 bridgehead atoms. The Morgan fingerprint density at radius 3 is 2.35 bits per heavy atom. The second-order valence-corrected chi connectivity index (χ2v) is 6.98. The summed E-state index contributed by atoms with van der Waals surface area (Å²) in [5.74, 6) is -0.0274. The molecule has 0 atom stereocenters. The van der Waals surface area contributed by atoms with E-state index in [4.69, 9.17) is 0 Å². The van der Waals surface area contributed by atoms with E-state index in [9.17, 15) is 8.42 Å². The minimum Gasteiger partial charge on any atom is -0.246 e. The van der Waals surface area contributed by atoms with Crippen molar-refractivity contribution in [1.29, 1.82) is 0 Å². The lowest BCUT2D eigenvalue weighted by atomic mass is 10.2. The molecule has 0 aliphatic rings. The van der Waals surface area contributed by atoms with Gasteiger partial charge in [-0.25, -0.2) is 13.4 Å². The van der Waals surface area contributed by atoms with Gasteiger partial charge in [-0.05, 0) is 26.0 Å². The largest absolute Gasteiger partial charge is 0.246 e. The zero-order valence-electron chi connectivity index (χ0n) is 9.67. The van der Waals surface area contributed by atoms with Crippen molar-refractivity contribution in [2.24, 2.45) is 0 Å². The number of thiazole rings is 1. The average molecular weight is 267 g/mol. The fourth-order valence-electron chi connectivity index (χ4n) is 1.50. The molecule has 0 aliphatic carbocycles. The summed E-state index contributed by atoms with van der Waals surface area (Å²) >= 11 is 1.47. The summed E-state index contributed by atoms with van der Waals surface area (Å²) in [6.07, 6.45) is 0. The molecule has 0 fully saturated rings. The Labute approximate surface area is 105 Å². The maximum absolute atomic E-state index is 12.1. The zero-order valence-corrected chi connectivity index (χ0v) is 11.3. The van der Waals surface area contributed by atoms with Crippen LogP contribution in [0, 0.1) is 13.8 Å². The van der Waals surface area contributed by atoms with Gasteiger partial charge in [0.15, 0.2) is 9.84 Å². The van der Waals surface area contributed by atoms with Crippen LogP contribution in [0.5, 0.6) is 0 Å². The van der Waals surface area contributed by atoms with Crippen molar-refractivity contribution in [2.45, 2.75) is 24.5 Å². The van der Waals surface area contributed by atoms with Crippen LogP contribution in [0.3, 0.4) is 0 Å². The Bertz CT molecular complexity index is 612. The molecule has 1 heterocycles. The van der Waals surface area contributed by atoms with Gasteiger partial charge < -0.3 is 0 Å². The first-order valence-corrected chi connectivity index (χ1v) is 7.71. The molecule has 0 unspecified atom stereocenters. The summed E-state index contributed by atoms with van der Waals surface area (Å²) < 4.78 is 24.2. The lowest BCUT2D eigenvalue weighted by Gasteiger charge is -2.02. The number of aryl methyl sites for hydroxylation is 2. The van der Waals surface area contributed by atoms with Gasteiger partial charge in [-0.15, -0.1) is 11.3 Å². The van der Waals surface area contributed by atoms with Gasteiger partial charge in [0.1, 0.15) is 0 Å². The van der Waals surface area contributed by atoms with E-state index in [0.29, 0.717) is 10.6 Å². The molecular formula is C12H13NO2S2. The first-order valence-electron chi connectivity index (χ1n) is 5.18. The second kappa shape index (κ2) is 4.58. The molecule has 90 valence electrons. The summed E-state index contributed by atoms with van der Waals surface area (Å²) in [5, 5.41) is 2.68. The maximum Gasteiger partial charge on any atom is 0.184 e. The second-order valence-electron chi connectivity index (χ2n) is 3.93. The third kappa shape index (κ3) is 2.92. The Morgan fingerprint density at radius 2 is 1.82 bits per heavy atom. The topological polar surface area (TPSA) is 47.0 Å². The average Bonchev–Trinajstić information content (AvgIpc) is 2.63. The Hall–Kier alpha value is -1.20. The number of aromatic nitrogens is 1. The molecule has 0 saturated heterocycles. The molecule has 0 aliphatic heterocycles. The van der Waals surface area contributed by atoms with Crippen LogP contribution in [0.1, 0.15) is 16.3 Å². The lowest BCUT2D eigenvalue weighted by Crippen LogP contribution is -2.05. The first-order chi connectivity index (χ1) is 7.97. The number of rotatable bonds is 3. The van der Waals surface area contributed by atoms with Crippen LogP contribution < -0.4 is 0 Å². The number of benzene rings is 1. The van der Waals surface area contributed by atoms with Crippen LogP contribution in [-0.4, -0.2) is 13.4 Å². The van der Waals surface area contributed by atoms with Crippen molar-refractivity contribution in [3.05, 3.63) is 45.9 Å². The Kier molecular flexibility index (Phi) is 3.31. The predicted molar refractivity (Wildman–Crippen MR) is 68.9 cm³/mol. The van der Waals surface area contributed by atoms with E-state index in [2.05, 4.69) is 4.98 Å². The van der Waals surface area contributed by atoms with E-state index in [1.165, 1.54) is 11.3 Å². The van der Waals surface area contributed by atoms with Gasteiger partial charge in [-0.3, -0.25) is 0 Å². The van der Waals surface area contributed by atoms with Gasteiger partial charge >= 0.3 is 0 Å². The van der Waals surface area contributed by atoms with E-state index in [1.54, 1.807) is 29.6 Å². The first kappa shape index (κ1) is 12.3. The van der Waals surface area contributed by atoms with Crippen LogP contribution in [0.4, 0.5) is 0 Å². The highest BCUT2D eigenvalue weighted by Crippen LogP contribution is 2.18. The van der Waals surface area contributed by atoms with E-state index < -0.39 is 9.84 Å². The molecule has 2 rings (SSSR count). The van der Waals surface area contributed by atoms with Crippen LogP contribution in [0.25, 0.3) is 0 Å². The van der Waals surface area contributed by atoms with Crippen LogP contribution in [0.15, 0.2) is 34.5 Å². The van der Waals surface area contributed by atoms with Gasteiger partial charge in [0.05, 0.1) is 21.3 Å². The van der Waals surface area contributed by atoms with Crippen LogP contribution >= 0.6 is 11.3 Å². The predicted octanol–water partition coefficient (Wildman–Crippen LogP) is 2.73. The minimum absolute atomic E-state index is 0.0274. The third-order valence-electron chi connectivity index (χ3n) is 2.38. The van der Waals surface area contributed by atoms with Gasteiger partial charge in [0.2, 0.25) is 0 Å². The summed E-state index contributed by atoms with van der Waals surface area (Å²) in [4.78, 5) is 4.53. The highest BCUT2D eigenvalue weighted by molar-refractivity contribution is 7.90. The molecule has 0 amide bonds. The van der Waals surface area contributed by atoms with Crippen LogP contribution in [0.2, 0.25) is 0 Å². The van der Waals surface area contributed by atoms with E-state index in [-0.39, 0.29) is 5.75 Å². The Morgan fingerprint density at radius 1 is 1.18 bits per heavy atom. The molecule has 0 spiro atoms. The van der Waals surface area contributed by atoms with E-state index in [1.807, 2.05) is 13.8 Å². The smallest absolute Gasteiger partial charge is 0.184 e. The number of hydrogen-bond donors (Lipinski definition) is 0. The standard InChI is InChI=1S/C12H13NO2S2/c1-9-3-5-12(6-4-9)17(14,15)8-11-7-16-10(2)13-11/h3-7H,8H2,1-2H3. The fourth-order valence-corrected chi connectivity index (χ4v) is 3.47. The van der Waals surface area contributed by atoms with Crippen molar-refractivity contribution in [3.63, 3.8) is 0 Å². The highest BCUT2D eigenvalue weighted by atomic mass is 32.2. The fraction of sp³-hybridized carbons (Fsp3) is 0.250. The molecular weight excluding hydrogens is 254 g/mol. The molecule has 3 nitrogen and oxygen atoms in total. The molecule has 1 aromatic heterocycles. The minimum atomic E-state index is -3.27. The third-order valence-corrected chi connectivity index (χ3v) is 4.87. The normalized spacial score (nSPS) is 11.6. The molecule has 17 heavy (non-hydrogen) atoms. The SMILES string of the molecule is Cc1ccc(S(=O)(=O)Cc2csc(C)n2)cc1. The van der Waals surface area contributed by atoms with Gasteiger partial charge in [-0.1, -0.05) is 17.7 Å². The highest BCUT2D eigenvalue weighted by Gasteiger charge is 2.16. The number of sulfone groups is 1. The molecule has 2 aromatic rings. The molecule has 0 N–H and O–H groups in total. The molecule has 5 heteroatoms. The zero-order chi connectivity index (χ0) is 12.5. The summed E-state index contributed by atoms with van der Waals surface area (Å²) in [6.45, 7) is 3.80. The Balaban J connectivity index is 2.28. The monoisotopic (exact) mass is 267 g/mol. The number of hydrogen-bond acceptors (Lipinski definition) is 4. The maximum atomic E-state index is 12.1. The van der Waals surface area contributed by atoms with E-state index in [0.717, 1.165) is 10.6 Å². The summed E-state index contributed by atoms with van der Waals surface area (Å²) in [5.41, 5.74) is 1.67. The molecule has 0 saturated carbocycles. The molecule has 0 radical (unpaired) electrons. The van der Waals surface area contributed by atoms with Gasteiger partial charge in [0, 0.05) is 5.38 Å². The lowest BCUT2D eigenvalue weighted by molar-refractivity contribution is 0.594. The quantitative estimate of drug-likeness (QED) is 0.859.